The average molecular weight is 271 g/mol. The summed E-state index contributed by atoms with van der Waals surface area (Å²) in [6, 6.07) is 7.97. The molecular weight excluding hydrogens is 248 g/mol. The third kappa shape index (κ3) is 5.07. The van der Waals surface area contributed by atoms with Crippen LogP contribution in [-0.4, -0.2) is 19.5 Å². The highest BCUT2D eigenvalue weighted by Crippen LogP contribution is 2.29. The first kappa shape index (κ1) is 16.9. The highest BCUT2D eigenvalue weighted by Gasteiger charge is 2.18. The van der Waals surface area contributed by atoms with Crippen LogP contribution in [0.25, 0.3) is 0 Å². The molecule has 0 bridgehead atoms. The normalized spacial score (nSPS) is 10.7. The molecule has 3 nitrogen and oxygen atoms in total. The zero-order chi connectivity index (χ0) is 12.9. The topological polar surface area (TPSA) is 41.1 Å². The zero-order valence-electron chi connectivity index (χ0n) is 11.5. The molecule has 102 valence electrons. The Morgan fingerprint density at radius 2 is 1.83 bits per heavy atom. The van der Waals surface area contributed by atoms with Gasteiger partial charge in [0, 0.05) is 18.7 Å². The van der Waals surface area contributed by atoms with E-state index >= 15 is 0 Å². The largest absolute Gasteiger partial charge is 0.326 e. The van der Waals surface area contributed by atoms with Crippen molar-refractivity contribution in [3.8, 4) is 0 Å². The fraction of sp³-hybridized carbons (Fsp3) is 0.500. The third-order valence-corrected chi connectivity index (χ3v) is 2.61. The molecule has 0 radical (unpaired) electrons. The molecule has 0 aromatic heterocycles. The molecule has 1 aromatic rings. The van der Waals surface area contributed by atoms with Crippen LogP contribution in [-0.2, 0) is 10.2 Å². The van der Waals surface area contributed by atoms with Crippen molar-refractivity contribution >= 4 is 24.0 Å². The number of halogens is 1. The Morgan fingerprint density at radius 1 is 1.22 bits per heavy atom. The molecule has 1 rings (SSSR count). The molecule has 0 aliphatic rings. The van der Waals surface area contributed by atoms with Crippen molar-refractivity contribution in [3.05, 3.63) is 29.8 Å². The van der Waals surface area contributed by atoms with E-state index in [4.69, 9.17) is 0 Å². The second kappa shape index (κ2) is 7.39. The summed E-state index contributed by atoms with van der Waals surface area (Å²) in [6.45, 7) is 7.13. The first-order valence-corrected chi connectivity index (χ1v) is 5.99. The van der Waals surface area contributed by atoms with Crippen molar-refractivity contribution in [1.29, 1.82) is 0 Å². The Labute approximate surface area is 116 Å². The average Bonchev–Trinajstić information content (AvgIpc) is 2.25. The minimum Gasteiger partial charge on any atom is -0.326 e. The number of anilines is 1. The number of hydrogen-bond acceptors (Lipinski definition) is 2. The van der Waals surface area contributed by atoms with Gasteiger partial charge in [-0.05, 0) is 24.1 Å². The lowest BCUT2D eigenvalue weighted by molar-refractivity contribution is -0.116. The van der Waals surface area contributed by atoms with Crippen LogP contribution in [0, 0.1) is 0 Å². The maximum Gasteiger partial charge on any atom is 0.225 e. The number of hydrogen-bond donors (Lipinski definition) is 2. The Bertz CT molecular complexity index is 386. The van der Waals surface area contributed by atoms with Gasteiger partial charge in [0.2, 0.25) is 5.91 Å². The first-order chi connectivity index (χ1) is 7.95. The number of carbonyl (C=O) groups excluding carboxylic acids is 1. The number of amides is 1. The number of nitrogens with one attached hydrogen (secondary N) is 2. The van der Waals surface area contributed by atoms with Crippen LogP contribution in [0.5, 0.6) is 0 Å². The molecule has 0 aliphatic heterocycles. The van der Waals surface area contributed by atoms with E-state index in [1.807, 2.05) is 25.2 Å². The van der Waals surface area contributed by atoms with Gasteiger partial charge >= 0.3 is 0 Å². The first-order valence-electron chi connectivity index (χ1n) is 5.99. The lowest BCUT2D eigenvalue weighted by atomic mass is 9.86. The van der Waals surface area contributed by atoms with Gasteiger partial charge in [0.1, 0.15) is 0 Å². The molecule has 0 fully saturated rings. The molecular formula is C14H23ClN2O. The maximum absolute atomic E-state index is 11.7. The molecule has 2 N–H and O–H groups in total. The fourth-order valence-electron chi connectivity index (χ4n) is 1.70. The summed E-state index contributed by atoms with van der Waals surface area (Å²) < 4.78 is 0. The zero-order valence-corrected chi connectivity index (χ0v) is 12.4. The molecule has 0 unspecified atom stereocenters. The van der Waals surface area contributed by atoms with E-state index in [-0.39, 0.29) is 23.7 Å². The predicted octanol–water partition coefficient (Wildman–Crippen LogP) is 2.95. The summed E-state index contributed by atoms with van der Waals surface area (Å²) in [5, 5.41) is 5.94. The monoisotopic (exact) mass is 270 g/mol. The van der Waals surface area contributed by atoms with Crippen molar-refractivity contribution in [2.45, 2.75) is 32.6 Å². The quantitative estimate of drug-likeness (QED) is 0.883. The second-order valence-electron chi connectivity index (χ2n) is 5.20. The van der Waals surface area contributed by atoms with Crippen LogP contribution in [0.2, 0.25) is 0 Å². The van der Waals surface area contributed by atoms with Gasteiger partial charge in [0.05, 0.1) is 0 Å². The number of para-hydroxylation sites is 1. The van der Waals surface area contributed by atoms with Gasteiger partial charge in [-0.1, -0.05) is 39.0 Å². The van der Waals surface area contributed by atoms with E-state index in [1.54, 1.807) is 0 Å². The van der Waals surface area contributed by atoms with Crippen LogP contribution in [0.1, 0.15) is 32.8 Å². The van der Waals surface area contributed by atoms with Crippen molar-refractivity contribution in [2.24, 2.45) is 0 Å². The standard InChI is InChI=1S/C14H22N2O.ClH/c1-14(2,3)11-7-5-6-8-12(11)16-13(17)9-10-15-4;/h5-8,15H,9-10H2,1-4H3,(H,16,17);1H. The van der Waals surface area contributed by atoms with Gasteiger partial charge < -0.3 is 10.6 Å². The van der Waals surface area contributed by atoms with E-state index in [1.165, 1.54) is 0 Å². The minimum atomic E-state index is 0. The maximum atomic E-state index is 11.7. The van der Waals surface area contributed by atoms with Crippen molar-refractivity contribution < 1.29 is 4.79 Å². The molecule has 0 spiro atoms. The van der Waals surface area contributed by atoms with Gasteiger partial charge in [-0.25, -0.2) is 0 Å². The van der Waals surface area contributed by atoms with Gasteiger partial charge in [-0.15, -0.1) is 12.4 Å². The number of carbonyl (C=O) groups is 1. The Hall–Kier alpha value is -1.06. The van der Waals surface area contributed by atoms with E-state index in [0.717, 1.165) is 11.3 Å². The van der Waals surface area contributed by atoms with E-state index in [9.17, 15) is 4.79 Å². The molecule has 0 heterocycles. The Morgan fingerprint density at radius 3 is 2.39 bits per heavy atom. The SMILES string of the molecule is CNCCC(=O)Nc1ccccc1C(C)(C)C.Cl. The van der Waals surface area contributed by atoms with Gasteiger partial charge in [-0.3, -0.25) is 4.79 Å². The lowest BCUT2D eigenvalue weighted by Crippen LogP contribution is -2.21. The summed E-state index contributed by atoms with van der Waals surface area (Å²) in [6.07, 6.45) is 0.495. The molecule has 18 heavy (non-hydrogen) atoms. The molecule has 4 heteroatoms. The smallest absolute Gasteiger partial charge is 0.225 e. The van der Waals surface area contributed by atoms with Gasteiger partial charge in [0.15, 0.2) is 0 Å². The van der Waals surface area contributed by atoms with Crippen LogP contribution in [0.15, 0.2) is 24.3 Å². The molecule has 0 saturated carbocycles. The van der Waals surface area contributed by atoms with Crippen molar-refractivity contribution in [2.75, 3.05) is 18.9 Å². The molecule has 0 aliphatic carbocycles. The van der Waals surface area contributed by atoms with Gasteiger partial charge in [0.25, 0.3) is 0 Å². The molecule has 0 saturated heterocycles. The molecule has 0 atom stereocenters. The Kier molecular flexibility index (Phi) is 6.96. The summed E-state index contributed by atoms with van der Waals surface area (Å²) >= 11 is 0. The van der Waals surface area contributed by atoms with E-state index in [2.05, 4.69) is 37.5 Å². The van der Waals surface area contributed by atoms with Crippen molar-refractivity contribution in [1.82, 2.24) is 5.32 Å². The highest BCUT2D eigenvalue weighted by atomic mass is 35.5. The van der Waals surface area contributed by atoms with E-state index in [0.29, 0.717) is 13.0 Å². The highest BCUT2D eigenvalue weighted by molar-refractivity contribution is 5.91. The summed E-state index contributed by atoms with van der Waals surface area (Å²) in [4.78, 5) is 11.7. The lowest BCUT2D eigenvalue weighted by Gasteiger charge is -2.23. The Balaban J connectivity index is 0.00000289. The van der Waals surface area contributed by atoms with Gasteiger partial charge in [-0.2, -0.15) is 0 Å². The van der Waals surface area contributed by atoms with Crippen LogP contribution < -0.4 is 10.6 Å². The van der Waals surface area contributed by atoms with Crippen LogP contribution in [0.3, 0.4) is 0 Å². The molecule has 1 amide bonds. The van der Waals surface area contributed by atoms with Crippen LogP contribution in [0.4, 0.5) is 5.69 Å². The third-order valence-electron chi connectivity index (χ3n) is 2.61. The summed E-state index contributed by atoms with van der Waals surface area (Å²) in [5.41, 5.74) is 2.12. The minimum absolute atomic E-state index is 0. The summed E-state index contributed by atoms with van der Waals surface area (Å²) in [5.74, 6) is 0.0519. The number of benzene rings is 1. The van der Waals surface area contributed by atoms with Crippen molar-refractivity contribution in [3.63, 3.8) is 0 Å². The van der Waals surface area contributed by atoms with Crippen LogP contribution >= 0.6 is 12.4 Å². The fourth-order valence-corrected chi connectivity index (χ4v) is 1.70. The molecule has 1 aromatic carbocycles. The predicted molar refractivity (Wildman–Crippen MR) is 79.6 cm³/mol. The summed E-state index contributed by atoms with van der Waals surface area (Å²) in [7, 11) is 1.84. The van der Waals surface area contributed by atoms with E-state index < -0.39 is 0 Å². The second-order valence-corrected chi connectivity index (χ2v) is 5.20. The number of rotatable bonds is 4.